The van der Waals surface area contributed by atoms with Crippen molar-refractivity contribution in [1.82, 2.24) is 25.3 Å². The fourth-order valence-electron chi connectivity index (χ4n) is 6.84. The third kappa shape index (κ3) is 12.3. The van der Waals surface area contributed by atoms with Crippen molar-refractivity contribution in [2.24, 2.45) is 17.8 Å². The lowest BCUT2D eigenvalue weighted by Gasteiger charge is -2.36. The minimum absolute atomic E-state index is 0.00684. The molecular formula is C38H63N5O8. The van der Waals surface area contributed by atoms with Gasteiger partial charge in [0, 0.05) is 46.8 Å². The molecule has 288 valence electrons. The predicted octanol–water partition coefficient (Wildman–Crippen LogP) is 2.81. The summed E-state index contributed by atoms with van der Waals surface area (Å²) >= 11 is 0. The van der Waals surface area contributed by atoms with Crippen LogP contribution in [0.5, 0.6) is 0 Å². The van der Waals surface area contributed by atoms with Crippen LogP contribution in [-0.2, 0) is 39.9 Å². The highest BCUT2D eigenvalue weighted by atomic mass is 16.5. The minimum atomic E-state index is -1.14. The first kappa shape index (κ1) is 43.6. The highest BCUT2D eigenvalue weighted by Gasteiger charge is 2.41. The number of ether oxygens (including phenoxy) is 2. The maximum Gasteiger partial charge on any atom is 0.326 e. The number of benzene rings is 1. The molecule has 0 spiro atoms. The van der Waals surface area contributed by atoms with Gasteiger partial charge < -0.3 is 35.0 Å². The van der Waals surface area contributed by atoms with Gasteiger partial charge in [0.2, 0.25) is 23.6 Å². The molecule has 13 heteroatoms. The molecule has 1 aliphatic heterocycles. The summed E-state index contributed by atoms with van der Waals surface area (Å²) in [4.78, 5) is 71.5. The topological polar surface area (TPSA) is 158 Å². The summed E-state index contributed by atoms with van der Waals surface area (Å²) in [6.07, 6.45) is 0.158. The number of hydrogen-bond donors (Lipinski definition) is 3. The number of carboxylic acids is 1. The lowest BCUT2D eigenvalue weighted by Crippen LogP contribution is -2.57. The summed E-state index contributed by atoms with van der Waals surface area (Å²) in [7, 11) is 6.53. The van der Waals surface area contributed by atoms with E-state index in [2.05, 4.69) is 10.6 Å². The molecule has 1 aromatic carbocycles. The SMILES string of the molecule is CO[C@H](CC(=O)N1CCCC1[C@H](OC)[C@@H](C)C(=O)N[C@@H](Cc1ccccc1)C(=O)O)CN(C)C(=O)[C@@H](NC(=O)[C@H](C(C)C)N(C)C(C)C)C(C)C. The van der Waals surface area contributed by atoms with Crippen molar-refractivity contribution in [1.29, 1.82) is 0 Å². The smallest absolute Gasteiger partial charge is 0.326 e. The second kappa shape index (κ2) is 20.5. The molecule has 7 atom stereocenters. The van der Waals surface area contributed by atoms with Gasteiger partial charge in [-0.05, 0) is 51.1 Å². The number of carboxylic acid groups (broad SMARTS) is 1. The van der Waals surface area contributed by atoms with Crippen LogP contribution in [0, 0.1) is 17.8 Å². The first-order valence-corrected chi connectivity index (χ1v) is 18.1. The minimum Gasteiger partial charge on any atom is -0.480 e. The summed E-state index contributed by atoms with van der Waals surface area (Å²) in [5.41, 5.74) is 0.785. The lowest BCUT2D eigenvalue weighted by atomic mass is 9.94. The Morgan fingerprint density at radius 1 is 0.902 bits per heavy atom. The molecule has 2 rings (SSSR count). The average Bonchev–Trinajstić information content (AvgIpc) is 3.56. The summed E-state index contributed by atoms with van der Waals surface area (Å²) in [5.74, 6) is -3.17. The number of rotatable bonds is 20. The van der Waals surface area contributed by atoms with Gasteiger partial charge in [-0.25, -0.2) is 4.79 Å². The van der Waals surface area contributed by atoms with Gasteiger partial charge >= 0.3 is 5.97 Å². The largest absolute Gasteiger partial charge is 0.480 e. The Labute approximate surface area is 304 Å². The second-order valence-corrected chi connectivity index (χ2v) is 14.8. The van der Waals surface area contributed by atoms with E-state index in [0.29, 0.717) is 19.4 Å². The number of nitrogens with zero attached hydrogens (tertiary/aromatic N) is 3. The van der Waals surface area contributed by atoms with E-state index in [1.807, 2.05) is 83.8 Å². The molecule has 13 nitrogen and oxygen atoms in total. The van der Waals surface area contributed by atoms with E-state index in [1.165, 1.54) is 19.1 Å². The van der Waals surface area contributed by atoms with Gasteiger partial charge in [-0.3, -0.25) is 24.1 Å². The molecule has 4 amide bonds. The van der Waals surface area contributed by atoms with Gasteiger partial charge in [0.15, 0.2) is 0 Å². The van der Waals surface area contributed by atoms with Crippen molar-refractivity contribution in [3.8, 4) is 0 Å². The number of hydrogen-bond acceptors (Lipinski definition) is 8. The molecular weight excluding hydrogens is 654 g/mol. The van der Waals surface area contributed by atoms with Crippen LogP contribution < -0.4 is 10.6 Å². The Balaban J connectivity index is 2.10. The van der Waals surface area contributed by atoms with Crippen LogP contribution in [0.3, 0.4) is 0 Å². The fourth-order valence-corrected chi connectivity index (χ4v) is 6.84. The number of nitrogens with one attached hydrogen (secondary N) is 2. The quantitative estimate of drug-likeness (QED) is 0.185. The first-order chi connectivity index (χ1) is 23.9. The van der Waals surface area contributed by atoms with E-state index in [0.717, 1.165) is 5.56 Å². The molecule has 1 aliphatic rings. The number of aliphatic carboxylic acids is 1. The van der Waals surface area contributed by atoms with Gasteiger partial charge in [0.25, 0.3) is 0 Å². The van der Waals surface area contributed by atoms with Crippen LogP contribution in [0.25, 0.3) is 0 Å². The zero-order valence-electron chi connectivity index (χ0n) is 32.5. The van der Waals surface area contributed by atoms with Crippen LogP contribution in [0.15, 0.2) is 30.3 Å². The highest BCUT2D eigenvalue weighted by Crippen LogP contribution is 2.28. The third-order valence-electron chi connectivity index (χ3n) is 10.0. The number of carbonyl (C=O) groups excluding carboxylic acids is 4. The van der Waals surface area contributed by atoms with Crippen molar-refractivity contribution in [3.63, 3.8) is 0 Å². The third-order valence-corrected chi connectivity index (χ3v) is 10.0. The number of amides is 4. The van der Waals surface area contributed by atoms with Gasteiger partial charge in [0.1, 0.15) is 12.1 Å². The van der Waals surface area contributed by atoms with E-state index >= 15 is 0 Å². The number of methoxy groups -OCH3 is 2. The number of carbonyl (C=O) groups is 5. The van der Waals surface area contributed by atoms with Gasteiger partial charge in [0.05, 0.1) is 36.6 Å². The molecule has 0 radical (unpaired) electrons. The van der Waals surface area contributed by atoms with Crippen molar-refractivity contribution >= 4 is 29.6 Å². The molecule has 1 saturated heterocycles. The first-order valence-electron chi connectivity index (χ1n) is 18.1. The molecule has 1 aromatic rings. The molecule has 3 N–H and O–H groups in total. The normalized spacial score (nSPS) is 18.3. The summed E-state index contributed by atoms with van der Waals surface area (Å²) in [6, 6.07) is 6.53. The average molecular weight is 718 g/mol. The highest BCUT2D eigenvalue weighted by molar-refractivity contribution is 5.90. The van der Waals surface area contributed by atoms with Crippen molar-refractivity contribution in [3.05, 3.63) is 35.9 Å². The lowest BCUT2D eigenvalue weighted by molar-refractivity contribution is -0.145. The van der Waals surface area contributed by atoms with Crippen molar-refractivity contribution < 1.29 is 38.6 Å². The molecule has 1 fully saturated rings. The van der Waals surface area contributed by atoms with Crippen LogP contribution in [-0.4, -0.2) is 133 Å². The Morgan fingerprint density at radius 2 is 1.53 bits per heavy atom. The van der Waals surface area contributed by atoms with Crippen LogP contribution in [0.2, 0.25) is 0 Å². The molecule has 0 bridgehead atoms. The van der Waals surface area contributed by atoms with Crippen LogP contribution in [0.4, 0.5) is 0 Å². The van der Waals surface area contributed by atoms with Gasteiger partial charge in [-0.2, -0.15) is 0 Å². The number of likely N-dealkylation sites (tertiary alicyclic amines) is 1. The van der Waals surface area contributed by atoms with Crippen molar-refractivity contribution in [2.45, 2.75) is 117 Å². The van der Waals surface area contributed by atoms with Crippen LogP contribution in [0.1, 0.15) is 73.3 Å². The van der Waals surface area contributed by atoms with Crippen molar-refractivity contribution in [2.75, 3.05) is 41.4 Å². The van der Waals surface area contributed by atoms with E-state index in [-0.39, 0.29) is 55.0 Å². The summed E-state index contributed by atoms with van der Waals surface area (Å²) in [5, 5.41) is 15.5. The van der Waals surface area contributed by atoms with E-state index in [9.17, 15) is 29.1 Å². The molecule has 51 heavy (non-hydrogen) atoms. The maximum atomic E-state index is 13.8. The molecule has 1 heterocycles. The zero-order chi connectivity index (χ0) is 38.6. The standard InChI is InChI=1S/C38H63N5O8/c1-23(2)32(40-36(46)33(24(3)4)42(9)25(5)6)37(47)41(8)22-28(50-10)21-31(44)43-19-15-18-30(43)34(51-11)26(7)35(45)39-29(38(48)49)20-27-16-13-12-14-17-27/h12-14,16-17,23-26,28-30,32-34H,15,18-22H2,1-11H3,(H,39,45)(H,40,46)(H,48,49)/t26-,28-,29+,30?,32+,33+,34-/m1/s1. The van der Waals surface area contributed by atoms with Gasteiger partial charge in [-0.15, -0.1) is 0 Å². The number of likely N-dealkylation sites (N-methyl/N-ethyl adjacent to an activating group) is 2. The summed E-state index contributed by atoms with van der Waals surface area (Å²) < 4.78 is 11.5. The zero-order valence-corrected chi connectivity index (χ0v) is 32.5. The molecule has 0 saturated carbocycles. The van der Waals surface area contributed by atoms with E-state index < -0.39 is 54.2 Å². The Morgan fingerprint density at radius 3 is 2.04 bits per heavy atom. The van der Waals surface area contributed by atoms with E-state index in [4.69, 9.17) is 9.47 Å². The Hall–Kier alpha value is -3.55. The second-order valence-electron chi connectivity index (χ2n) is 14.8. The van der Waals surface area contributed by atoms with Gasteiger partial charge in [-0.1, -0.05) is 65.0 Å². The monoisotopic (exact) mass is 717 g/mol. The van der Waals surface area contributed by atoms with Crippen LogP contribution >= 0.6 is 0 Å². The molecule has 1 unspecified atom stereocenters. The van der Waals surface area contributed by atoms with E-state index in [1.54, 1.807) is 18.9 Å². The molecule has 0 aliphatic carbocycles. The summed E-state index contributed by atoms with van der Waals surface area (Å²) in [6.45, 7) is 14.1. The Bertz CT molecular complexity index is 1290. The fraction of sp³-hybridized carbons (Fsp3) is 0.711. The maximum absolute atomic E-state index is 13.8. The Kier molecular flexibility index (Phi) is 17.5. The predicted molar refractivity (Wildman–Crippen MR) is 196 cm³/mol. The molecule has 0 aromatic heterocycles.